The van der Waals surface area contributed by atoms with E-state index >= 15 is 0 Å². The smallest absolute Gasteiger partial charge is 0.309 e. The van der Waals surface area contributed by atoms with Crippen LogP contribution in [0.4, 0.5) is 0 Å². The van der Waals surface area contributed by atoms with Crippen molar-refractivity contribution in [3.05, 3.63) is 12.2 Å². The quantitative estimate of drug-likeness (QED) is 0.425. The van der Waals surface area contributed by atoms with Crippen LogP contribution in [0.15, 0.2) is 12.2 Å². The number of esters is 1. The monoisotopic (exact) mass is 223 g/mol. The molecule has 2 rings (SSSR count). The summed E-state index contributed by atoms with van der Waals surface area (Å²) in [5.74, 6) is 1.26. The Morgan fingerprint density at radius 2 is 2.12 bits per heavy atom. The van der Waals surface area contributed by atoms with Crippen molar-refractivity contribution in [2.45, 2.75) is 32.1 Å². The second kappa shape index (κ2) is 5.48. The van der Waals surface area contributed by atoms with Gasteiger partial charge in [-0.05, 0) is 50.5 Å². The van der Waals surface area contributed by atoms with Crippen LogP contribution in [0.3, 0.4) is 0 Å². The van der Waals surface area contributed by atoms with Crippen molar-refractivity contribution in [2.75, 3.05) is 13.2 Å². The van der Waals surface area contributed by atoms with Gasteiger partial charge in [0, 0.05) is 0 Å². The van der Waals surface area contributed by atoms with Crippen molar-refractivity contribution in [2.24, 2.45) is 23.5 Å². The number of hydrogen-bond acceptors (Lipinski definition) is 3. The van der Waals surface area contributed by atoms with Gasteiger partial charge in [-0.25, -0.2) is 0 Å². The molecule has 3 heteroatoms. The number of nitrogens with two attached hydrogens (primary N) is 1. The van der Waals surface area contributed by atoms with Crippen molar-refractivity contribution in [1.29, 1.82) is 0 Å². The highest BCUT2D eigenvalue weighted by Crippen LogP contribution is 2.43. The molecular formula is C13H21NO2. The van der Waals surface area contributed by atoms with E-state index in [1.54, 1.807) is 0 Å². The number of fused-ring (bicyclic) bond motifs is 2. The van der Waals surface area contributed by atoms with Gasteiger partial charge >= 0.3 is 5.97 Å². The molecule has 1 fully saturated rings. The summed E-state index contributed by atoms with van der Waals surface area (Å²) in [7, 11) is 0. The number of unbranched alkanes of at least 4 members (excludes halogenated alkanes) is 2. The molecule has 90 valence electrons. The fourth-order valence-corrected chi connectivity index (χ4v) is 2.75. The van der Waals surface area contributed by atoms with Crippen molar-refractivity contribution in [3.8, 4) is 0 Å². The van der Waals surface area contributed by atoms with Crippen LogP contribution in [0, 0.1) is 17.8 Å². The Labute approximate surface area is 97.0 Å². The minimum Gasteiger partial charge on any atom is -0.465 e. The lowest BCUT2D eigenvalue weighted by Crippen LogP contribution is -2.22. The van der Waals surface area contributed by atoms with E-state index in [0.717, 1.165) is 38.6 Å². The summed E-state index contributed by atoms with van der Waals surface area (Å²) < 4.78 is 5.31. The van der Waals surface area contributed by atoms with Gasteiger partial charge in [0.1, 0.15) is 0 Å². The molecule has 3 atom stereocenters. The first-order chi connectivity index (χ1) is 7.81. The van der Waals surface area contributed by atoms with Gasteiger partial charge in [-0.1, -0.05) is 12.2 Å². The molecule has 0 aromatic heterocycles. The Balaban J connectivity index is 1.63. The van der Waals surface area contributed by atoms with Gasteiger partial charge in [0.25, 0.3) is 0 Å². The summed E-state index contributed by atoms with van der Waals surface area (Å²) in [4.78, 5) is 11.8. The standard InChI is InChI=1S/C13H21NO2/c14-6-2-1-3-7-16-13(15)12-9-10-4-5-11(12)8-10/h4-5,10-12H,1-3,6-9,14H2. The number of carbonyl (C=O) groups excluding carboxylic acids is 1. The highest BCUT2D eigenvalue weighted by Gasteiger charge is 2.40. The van der Waals surface area contributed by atoms with Gasteiger partial charge in [-0.3, -0.25) is 4.79 Å². The summed E-state index contributed by atoms with van der Waals surface area (Å²) in [5, 5.41) is 0. The maximum absolute atomic E-state index is 11.8. The van der Waals surface area contributed by atoms with Gasteiger partial charge in [0.2, 0.25) is 0 Å². The zero-order valence-electron chi connectivity index (χ0n) is 9.73. The molecule has 0 saturated heterocycles. The zero-order chi connectivity index (χ0) is 11.4. The number of ether oxygens (including phenoxy) is 1. The molecule has 0 radical (unpaired) electrons. The predicted octanol–water partition coefficient (Wildman–Crippen LogP) is 1.87. The minimum absolute atomic E-state index is 0.0181. The molecule has 0 aromatic rings. The fourth-order valence-electron chi connectivity index (χ4n) is 2.75. The lowest BCUT2D eigenvalue weighted by molar-refractivity contribution is -0.149. The lowest BCUT2D eigenvalue weighted by Gasteiger charge is -2.16. The van der Waals surface area contributed by atoms with E-state index in [2.05, 4.69) is 12.2 Å². The highest BCUT2D eigenvalue weighted by molar-refractivity contribution is 5.74. The average Bonchev–Trinajstić information content (AvgIpc) is 2.90. The van der Waals surface area contributed by atoms with E-state index in [0.29, 0.717) is 18.4 Å². The molecule has 0 aromatic carbocycles. The maximum atomic E-state index is 11.8. The molecule has 0 heterocycles. The van der Waals surface area contributed by atoms with Crippen molar-refractivity contribution in [3.63, 3.8) is 0 Å². The Kier molecular flexibility index (Phi) is 3.99. The van der Waals surface area contributed by atoms with Gasteiger partial charge < -0.3 is 10.5 Å². The van der Waals surface area contributed by atoms with E-state index in [1.807, 2.05) is 0 Å². The van der Waals surface area contributed by atoms with Crippen LogP contribution in [0.2, 0.25) is 0 Å². The van der Waals surface area contributed by atoms with Gasteiger partial charge in [-0.2, -0.15) is 0 Å². The number of carbonyl (C=O) groups is 1. The lowest BCUT2D eigenvalue weighted by atomic mass is 9.94. The van der Waals surface area contributed by atoms with Crippen molar-refractivity contribution < 1.29 is 9.53 Å². The summed E-state index contributed by atoms with van der Waals surface area (Å²) in [6.07, 6.45) is 9.62. The normalized spacial score (nSPS) is 30.9. The number of rotatable bonds is 6. The van der Waals surface area contributed by atoms with E-state index in [9.17, 15) is 4.79 Å². The summed E-state index contributed by atoms with van der Waals surface area (Å²) in [6.45, 7) is 1.29. The maximum Gasteiger partial charge on any atom is 0.309 e. The topological polar surface area (TPSA) is 52.3 Å². The van der Waals surface area contributed by atoms with Crippen LogP contribution in [0.1, 0.15) is 32.1 Å². The molecule has 2 N–H and O–H groups in total. The molecule has 2 aliphatic carbocycles. The third kappa shape index (κ3) is 2.64. The van der Waals surface area contributed by atoms with Crippen LogP contribution in [-0.2, 0) is 9.53 Å². The second-order valence-corrected chi connectivity index (χ2v) is 4.90. The Hall–Kier alpha value is -0.830. The number of hydrogen-bond donors (Lipinski definition) is 1. The van der Waals surface area contributed by atoms with Gasteiger partial charge in [0.15, 0.2) is 0 Å². The SMILES string of the molecule is NCCCCCOC(=O)C1CC2C=CC1C2. The van der Waals surface area contributed by atoms with Crippen LogP contribution in [0.25, 0.3) is 0 Å². The van der Waals surface area contributed by atoms with E-state index in [-0.39, 0.29) is 11.9 Å². The minimum atomic E-state index is 0.0181. The molecule has 0 spiro atoms. The Bertz CT molecular complexity index is 275. The Morgan fingerprint density at radius 3 is 2.75 bits per heavy atom. The van der Waals surface area contributed by atoms with Crippen LogP contribution in [-0.4, -0.2) is 19.1 Å². The van der Waals surface area contributed by atoms with Crippen LogP contribution < -0.4 is 5.73 Å². The first-order valence-electron chi connectivity index (χ1n) is 6.36. The Morgan fingerprint density at radius 1 is 1.25 bits per heavy atom. The third-order valence-corrected chi connectivity index (χ3v) is 3.67. The van der Waals surface area contributed by atoms with Crippen molar-refractivity contribution in [1.82, 2.24) is 0 Å². The summed E-state index contributed by atoms with van der Waals surface area (Å²) in [6, 6.07) is 0. The third-order valence-electron chi connectivity index (χ3n) is 3.67. The predicted molar refractivity (Wildman–Crippen MR) is 62.7 cm³/mol. The van der Waals surface area contributed by atoms with Crippen molar-refractivity contribution >= 4 is 5.97 Å². The first kappa shape index (κ1) is 11.6. The van der Waals surface area contributed by atoms with Crippen LogP contribution in [0.5, 0.6) is 0 Å². The van der Waals surface area contributed by atoms with Crippen LogP contribution >= 0.6 is 0 Å². The van der Waals surface area contributed by atoms with Gasteiger partial charge in [0.05, 0.1) is 12.5 Å². The highest BCUT2D eigenvalue weighted by atomic mass is 16.5. The molecule has 0 amide bonds. The molecule has 0 aliphatic heterocycles. The van der Waals surface area contributed by atoms with E-state index in [1.165, 1.54) is 0 Å². The molecule has 3 nitrogen and oxygen atoms in total. The zero-order valence-corrected chi connectivity index (χ0v) is 9.73. The van der Waals surface area contributed by atoms with Gasteiger partial charge in [-0.15, -0.1) is 0 Å². The molecular weight excluding hydrogens is 202 g/mol. The first-order valence-corrected chi connectivity index (χ1v) is 6.36. The second-order valence-electron chi connectivity index (χ2n) is 4.90. The number of allylic oxidation sites excluding steroid dienone is 2. The molecule has 2 aliphatic rings. The fraction of sp³-hybridized carbons (Fsp3) is 0.769. The molecule has 1 saturated carbocycles. The molecule has 2 bridgehead atoms. The van der Waals surface area contributed by atoms with E-state index < -0.39 is 0 Å². The largest absolute Gasteiger partial charge is 0.465 e. The molecule has 3 unspecified atom stereocenters. The summed E-state index contributed by atoms with van der Waals surface area (Å²) >= 11 is 0. The molecule has 16 heavy (non-hydrogen) atoms. The summed E-state index contributed by atoms with van der Waals surface area (Å²) in [5.41, 5.74) is 5.40. The average molecular weight is 223 g/mol. The van der Waals surface area contributed by atoms with E-state index in [4.69, 9.17) is 10.5 Å².